The lowest BCUT2D eigenvalue weighted by atomic mass is 10.1. The van der Waals surface area contributed by atoms with E-state index in [9.17, 15) is 19.5 Å². The number of carboxylic acid groups (broad SMARTS) is 1. The molecule has 2 aromatic heterocycles. The highest BCUT2D eigenvalue weighted by atomic mass is 16.5. The number of benzene rings is 3. The molecule has 0 radical (unpaired) electrons. The number of aryl methyl sites for hydroxylation is 2. The number of nitrogens with zero attached hydrogens (tertiary/aromatic N) is 8. The van der Waals surface area contributed by atoms with Gasteiger partial charge in [-0.3, -0.25) is 4.79 Å². The van der Waals surface area contributed by atoms with Gasteiger partial charge in [0.1, 0.15) is 18.3 Å². The number of ether oxygens (including phenoxy) is 4. The molecule has 5 aromatic rings. The number of hydrogen-bond acceptors (Lipinski definition) is 15. The van der Waals surface area contributed by atoms with E-state index in [2.05, 4.69) is 37.4 Å². The van der Waals surface area contributed by atoms with Crippen LogP contribution in [0.3, 0.4) is 0 Å². The number of carbonyl (C=O) groups excluding carboxylic acids is 2. The zero-order valence-corrected chi connectivity index (χ0v) is 40.2. The SMILES string of the molecule is C=C/C(C)=C\N=CO[C@H]1CCN(c2ccccc2C(=O)O)C1.COC(=O)c1cc(C#N)ccc1N1CC[C@H](Oc2ccc(C)cn2)C1.Cc1ccc(O[C@H]2CCN(c3ccc(C#N)cc3C(N)=O)C2)nc1. The molecule has 1 amide bonds. The van der Waals surface area contributed by atoms with Crippen molar-refractivity contribution >= 4 is 41.3 Å². The summed E-state index contributed by atoms with van der Waals surface area (Å²) in [6, 6.07) is 28.8. The number of allylic oxidation sites excluding steroid dienone is 2. The van der Waals surface area contributed by atoms with Gasteiger partial charge in [-0.2, -0.15) is 10.5 Å². The van der Waals surface area contributed by atoms with Gasteiger partial charge < -0.3 is 44.5 Å². The molecular weight excluding hydrogens is 903 g/mol. The van der Waals surface area contributed by atoms with E-state index in [1.807, 2.05) is 68.1 Å². The second-order valence-electron chi connectivity index (χ2n) is 17.0. The third kappa shape index (κ3) is 14.4. The molecule has 17 nitrogen and oxygen atoms in total. The number of nitriles is 2. The molecule has 71 heavy (non-hydrogen) atoms. The zero-order chi connectivity index (χ0) is 50.9. The maximum atomic E-state index is 12.1. The fourth-order valence-corrected chi connectivity index (χ4v) is 8.02. The lowest BCUT2D eigenvalue weighted by molar-refractivity contribution is 0.0600. The molecule has 0 bridgehead atoms. The monoisotopic (exact) mass is 959 g/mol. The maximum absolute atomic E-state index is 12.1. The summed E-state index contributed by atoms with van der Waals surface area (Å²) < 4.78 is 22.3. The van der Waals surface area contributed by atoms with E-state index < -0.39 is 17.8 Å². The molecule has 8 rings (SSSR count). The van der Waals surface area contributed by atoms with Crippen molar-refractivity contribution in [2.24, 2.45) is 10.7 Å². The molecule has 0 unspecified atom stereocenters. The highest BCUT2D eigenvalue weighted by Gasteiger charge is 2.30. The molecule has 3 aliphatic rings. The molecule has 3 N–H and O–H groups in total. The Kier molecular flexibility index (Phi) is 18.2. The molecule has 0 aliphatic carbocycles. The topological polar surface area (TPSA) is 230 Å². The average molecular weight is 960 g/mol. The van der Waals surface area contributed by atoms with Gasteiger partial charge in [-0.25, -0.2) is 24.5 Å². The van der Waals surface area contributed by atoms with E-state index in [-0.39, 0.29) is 18.3 Å². The van der Waals surface area contributed by atoms with E-state index in [0.717, 1.165) is 72.7 Å². The largest absolute Gasteiger partial charge is 0.478 e. The summed E-state index contributed by atoms with van der Waals surface area (Å²) in [6.07, 6.45) is 10.9. The number of rotatable bonds is 14. The highest BCUT2D eigenvalue weighted by molar-refractivity contribution is 5.99. The summed E-state index contributed by atoms with van der Waals surface area (Å²) in [7, 11) is 1.34. The number of carboxylic acids is 1. The Morgan fingerprint density at radius 3 is 1.70 bits per heavy atom. The van der Waals surface area contributed by atoms with Crippen LogP contribution in [-0.2, 0) is 9.47 Å². The lowest BCUT2D eigenvalue weighted by Gasteiger charge is -2.21. The summed E-state index contributed by atoms with van der Waals surface area (Å²) in [4.78, 5) is 53.8. The van der Waals surface area contributed by atoms with Crippen molar-refractivity contribution in [3.8, 4) is 23.9 Å². The summed E-state index contributed by atoms with van der Waals surface area (Å²) in [6.45, 7) is 13.7. The Labute approximate surface area is 413 Å². The van der Waals surface area contributed by atoms with E-state index >= 15 is 0 Å². The number of aromatic nitrogens is 2. The van der Waals surface area contributed by atoms with Crippen molar-refractivity contribution in [1.82, 2.24) is 9.97 Å². The number of nitrogens with two attached hydrogens (primary N) is 1. The third-order valence-electron chi connectivity index (χ3n) is 11.8. The van der Waals surface area contributed by atoms with Gasteiger partial charge >= 0.3 is 11.9 Å². The molecular formula is C54H57N9O8. The smallest absolute Gasteiger partial charge is 0.340 e. The normalized spacial score (nSPS) is 17.2. The zero-order valence-electron chi connectivity index (χ0n) is 40.2. The Morgan fingerprint density at radius 1 is 0.732 bits per heavy atom. The molecule has 3 saturated heterocycles. The van der Waals surface area contributed by atoms with Gasteiger partial charge in [-0.15, -0.1) is 0 Å². The molecule has 3 atom stereocenters. The first-order valence-electron chi connectivity index (χ1n) is 23.0. The number of methoxy groups -OCH3 is 1. The van der Waals surface area contributed by atoms with Crippen LogP contribution in [0, 0.1) is 36.5 Å². The van der Waals surface area contributed by atoms with Crippen LogP contribution in [0.5, 0.6) is 11.8 Å². The summed E-state index contributed by atoms with van der Waals surface area (Å²) >= 11 is 0. The predicted molar refractivity (Wildman–Crippen MR) is 270 cm³/mol. The lowest BCUT2D eigenvalue weighted by Crippen LogP contribution is -2.27. The number of primary amides is 1. The average Bonchev–Trinajstić information content (AvgIpc) is 4.19. The second-order valence-corrected chi connectivity index (χ2v) is 17.0. The van der Waals surface area contributed by atoms with Crippen LogP contribution in [0.4, 0.5) is 17.1 Å². The van der Waals surface area contributed by atoms with Crippen LogP contribution >= 0.6 is 0 Å². The van der Waals surface area contributed by atoms with Crippen molar-refractivity contribution in [2.45, 2.75) is 58.3 Å². The fourth-order valence-electron chi connectivity index (χ4n) is 8.02. The summed E-state index contributed by atoms with van der Waals surface area (Å²) in [5, 5.41) is 27.3. The number of hydrogen-bond donors (Lipinski definition) is 2. The van der Waals surface area contributed by atoms with Crippen LogP contribution < -0.4 is 29.9 Å². The van der Waals surface area contributed by atoms with Gasteiger partial charge in [0.2, 0.25) is 11.8 Å². The minimum absolute atomic E-state index is 0.00317. The first-order valence-corrected chi connectivity index (χ1v) is 23.0. The highest BCUT2D eigenvalue weighted by Crippen LogP contribution is 2.30. The molecule has 17 heteroatoms. The van der Waals surface area contributed by atoms with Crippen molar-refractivity contribution in [1.29, 1.82) is 10.5 Å². The van der Waals surface area contributed by atoms with Crippen molar-refractivity contribution < 1.29 is 38.4 Å². The van der Waals surface area contributed by atoms with E-state index in [0.29, 0.717) is 59.2 Å². The Bertz CT molecular complexity index is 2820. The van der Waals surface area contributed by atoms with E-state index in [4.69, 9.17) is 35.2 Å². The first-order chi connectivity index (χ1) is 34.3. The number of aliphatic imine (C=N–C) groups is 1. The second kappa shape index (κ2) is 25.1. The maximum Gasteiger partial charge on any atom is 0.340 e. The molecule has 0 saturated carbocycles. The predicted octanol–water partition coefficient (Wildman–Crippen LogP) is 7.82. The summed E-state index contributed by atoms with van der Waals surface area (Å²) in [5.41, 5.74) is 12.8. The van der Waals surface area contributed by atoms with Crippen LogP contribution in [0.1, 0.15) is 79.5 Å². The number of anilines is 3. The number of aromatic carboxylic acids is 1. The van der Waals surface area contributed by atoms with Crippen molar-refractivity contribution in [2.75, 3.05) is 61.1 Å². The quantitative estimate of drug-likeness (QED) is 0.0468. The van der Waals surface area contributed by atoms with Gasteiger partial charge in [0, 0.05) is 75.3 Å². The number of pyridine rings is 2. The van der Waals surface area contributed by atoms with Gasteiger partial charge in [-0.05, 0) is 86.0 Å². The Hall–Kier alpha value is -8.70. The number of esters is 1. The molecule has 366 valence electrons. The summed E-state index contributed by atoms with van der Waals surface area (Å²) in [5.74, 6) is -0.692. The van der Waals surface area contributed by atoms with Crippen LogP contribution in [-0.4, -0.2) is 104 Å². The van der Waals surface area contributed by atoms with Gasteiger partial charge in [0.05, 0.1) is 78.1 Å². The van der Waals surface area contributed by atoms with E-state index in [1.165, 1.54) is 19.6 Å². The molecule has 3 fully saturated rings. The minimum Gasteiger partial charge on any atom is -0.478 e. The number of amides is 1. The minimum atomic E-state index is -0.911. The van der Waals surface area contributed by atoms with Crippen LogP contribution in [0.15, 0.2) is 127 Å². The fraction of sp³-hybridized carbons (Fsp3) is 0.296. The molecule has 5 heterocycles. The Morgan fingerprint density at radius 2 is 1.23 bits per heavy atom. The van der Waals surface area contributed by atoms with Crippen LogP contribution in [0.25, 0.3) is 0 Å². The van der Waals surface area contributed by atoms with E-state index in [1.54, 1.807) is 67.1 Å². The van der Waals surface area contributed by atoms with Crippen molar-refractivity contribution in [3.63, 3.8) is 0 Å². The van der Waals surface area contributed by atoms with Crippen LogP contribution in [0.2, 0.25) is 0 Å². The number of para-hydroxylation sites is 1. The van der Waals surface area contributed by atoms with Gasteiger partial charge in [0.15, 0.2) is 6.40 Å². The number of carbonyl (C=O) groups is 3. The molecule has 0 spiro atoms. The molecule has 3 aliphatic heterocycles. The van der Waals surface area contributed by atoms with Crippen molar-refractivity contribution in [3.05, 3.63) is 161 Å². The van der Waals surface area contributed by atoms with Gasteiger partial charge in [-0.1, -0.05) is 36.9 Å². The Balaban J connectivity index is 0.000000175. The first kappa shape index (κ1) is 51.7. The molecule has 3 aromatic carbocycles. The van der Waals surface area contributed by atoms with Gasteiger partial charge in [0.25, 0.3) is 5.91 Å². The third-order valence-corrected chi connectivity index (χ3v) is 11.8. The standard InChI is InChI=1S/C19H19N3O3.C18H18N4O2.C17H20N2O3/c1-13-3-6-18(21-11-13)25-15-7-8-22(12-15)17-5-4-14(10-20)9-16(17)19(23)24-2;1-12-2-5-17(21-10-12)24-14-6-7-22(11-14)16-4-3-13(9-19)8-15(16)18(20)23;1-3-13(2)10-18-12-22-14-8-9-19(11-14)16-7-5-4-6-15(16)17(20)21/h3-6,9,11,15H,7-8,12H2,1-2H3;2-5,8,10,14H,6-7,11H2,1H3,(H2,20,23);3-7,10,12,14H,1,8-9,11H2,2H3,(H,20,21)/b;;13-10-,18-12?/t15-;2*14-/m000/s1.